The van der Waals surface area contributed by atoms with Crippen molar-refractivity contribution in [2.75, 3.05) is 61.0 Å². The molecule has 1 aliphatic carbocycles. The van der Waals surface area contributed by atoms with Crippen LogP contribution >= 0.6 is 0 Å². The molecule has 534 valence electrons. The predicted octanol–water partition coefficient (Wildman–Crippen LogP) is -4.59. The van der Waals surface area contributed by atoms with Gasteiger partial charge in [0.1, 0.15) is 79.4 Å². The molecule has 13 N–H and O–H groups in total. The Kier molecular flexibility index (Phi) is 27.6. The van der Waals surface area contributed by atoms with Crippen LogP contribution in [0.1, 0.15) is 53.4 Å². The first-order valence-electron chi connectivity index (χ1n) is 30.6. The number of hydrogen-bond acceptors (Lipinski definition) is 34. The Labute approximate surface area is 543 Å². The van der Waals surface area contributed by atoms with Gasteiger partial charge in [0, 0.05) is 58.8 Å². The van der Waals surface area contributed by atoms with Gasteiger partial charge in [0.2, 0.25) is 18.9 Å². The van der Waals surface area contributed by atoms with Crippen molar-refractivity contribution in [3.8, 4) is 0 Å². The number of carbonyl (C=O) groups is 6. The van der Waals surface area contributed by atoms with Crippen LogP contribution in [0.4, 0.5) is 0 Å². The Morgan fingerprint density at radius 3 is 1.15 bits per heavy atom. The van der Waals surface area contributed by atoms with Crippen LogP contribution in [0.2, 0.25) is 0 Å². The first kappa shape index (κ1) is 76.3. The molecule has 6 heterocycles. The van der Waals surface area contributed by atoms with Crippen molar-refractivity contribution in [2.45, 2.75) is 170 Å². The molecule has 0 aromatic heterocycles. The zero-order chi connectivity index (χ0) is 69.9. The maximum Gasteiger partial charge on any atom is 0.337 e. The highest BCUT2D eigenvalue weighted by molar-refractivity contribution is 5.92. The summed E-state index contributed by atoms with van der Waals surface area (Å²) in [7, 11) is 3.20. The number of hydrogen-bond donors (Lipinski definition) is 13. The summed E-state index contributed by atoms with van der Waals surface area (Å²) in [5.74, 6) is -13.2. The fraction of sp³-hybridized carbons (Fsp3) is 0.705. The van der Waals surface area contributed by atoms with E-state index in [9.17, 15) is 95.2 Å². The van der Waals surface area contributed by atoms with E-state index in [0.29, 0.717) is 0 Å². The van der Waals surface area contributed by atoms with Gasteiger partial charge in [-0.1, -0.05) is 25.2 Å². The molecule has 0 radical (unpaired) electrons. The van der Waals surface area contributed by atoms with Gasteiger partial charge in [-0.15, -0.1) is 0 Å². The molecule has 34 heteroatoms. The van der Waals surface area contributed by atoms with E-state index in [1.54, 1.807) is 6.92 Å². The van der Waals surface area contributed by atoms with Crippen LogP contribution < -0.4 is 0 Å². The number of rotatable bonds is 25. The van der Waals surface area contributed by atoms with Gasteiger partial charge in [-0.25, -0.2) is 14.4 Å². The molecule has 95 heavy (non-hydrogen) atoms. The fourth-order valence-electron chi connectivity index (χ4n) is 12.7. The zero-order valence-electron chi connectivity index (χ0n) is 52.9. The number of carbonyl (C=O) groups excluding carboxylic acids is 6. The Morgan fingerprint density at radius 2 is 0.832 bits per heavy atom. The molecule has 0 amide bonds. The first-order chi connectivity index (χ1) is 45.3. The lowest BCUT2D eigenvalue weighted by atomic mass is 9.81. The smallest absolute Gasteiger partial charge is 0.337 e. The minimum Gasteiger partial charge on any atom is -0.468 e. The van der Waals surface area contributed by atoms with Crippen LogP contribution in [-0.4, -0.2) is 280 Å². The molecule has 0 spiro atoms. The second-order valence-corrected chi connectivity index (χ2v) is 23.5. The summed E-state index contributed by atoms with van der Waals surface area (Å²) in [5, 5.41) is 136. The Balaban J connectivity index is 1.14. The predicted molar refractivity (Wildman–Crippen MR) is 308 cm³/mol. The lowest BCUT2D eigenvalue weighted by Crippen LogP contribution is -2.60. The van der Waals surface area contributed by atoms with Gasteiger partial charge in [-0.05, 0) is 33.1 Å². The molecule has 0 aromatic rings. The van der Waals surface area contributed by atoms with E-state index in [4.69, 9.17) is 71.1 Å². The van der Waals surface area contributed by atoms with Crippen molar-refractivity contribution in [3.63, 3.8) is 0 Å². The average molecular weight is 1360 g/mol. The highest BCUT2D eigenvalue weighted by atomic mass is 16.8. The molecule has 3 saturated heterocycles. The minimum absolute atomic E-state index is 0.000589. The highest BCUT2D eigenvalue weighted by Gasteiger charge is 2.53. The molecular formula is C61H86O34. The number of allylic oxidation sites excluding steroid dienone is 3. The number of methoxy groups -OCH3 is 3. The van der Waals surface area contributed by atoms with Crippen LogP contribution in [0, 0.1) is 41.4 Å². The maximum atomic E-state index is 14.6. The molecule has 1 saturated carbocycles. The summed E-state index contributed by atoms with van der Waals surface area (Å²) in [6.45, 7) is 1.96. The number of esters is 6. The number of aliphatic hydroxyl groups is 13. The van der Waals surface area contributed by atoms with Gasteiger partial charge in [0.25, 0.3) is 0 Å². The van der Waals surface area contributed by atoms with Crippen LogP contribution in [0.5, 0.6) is 0 Å². The van der Waals surface area contributed by atoms with E-state index in [2.05, 4.69) is 0 Å². The van der Waals surface area contributed by atoms with E-state index in [-0.39, 0.29) is 39.9 Å². The number of aliphatic hydroxyl groups excluding tert-OH is 13. The first-order valence-corrected chi connectivity index (χ1v) is 30.6. The van der Waals surface area contributed by atoms with Crippen LogP contribution in [0.25, 0.3) is 0 Å². The molecule has 26 atom stereocenters. The maximum absolute atomic E-state index is 14.6. The van der Waals surface area contributed by atoms with E-state index in [0.717, 1.165) is 40.1 Å². The second kappa shape index (κ2) is 34.4. The molecule has 4 fully saturated rings. The zero-order valence-corrected chi connectivity index (χ0v) is 52.9. The Morgan fingerprint density at radius 1 is 0.495 bits per heavy atom. The summed E-state index contributed by atoms with van der Waals surface area (Å²) in [4.78, 5) is 82.9. The van der Waals surface area contributed by atoms with E-state index in [1.165, 1.54) is 39.0 Å². The van der Waals surface area contributed by atoms with E-state index >= 15 is 0 Å². The van der Waals surface area contributed by atoms with Crippen LogP contribution in [0.15, 0.2) is 70.5 Å². The second-order valence-electron chi connectivity index (χ2n) is 23.5. The lowest BCUT2D eigenvalue weighted by Gasteiger charge is -2.42. The third kappa shape index (κ3) is 17.1. The molecule has 0 bridgehead atoms. The van der Waals surface area contributed by atoms with E-state index < -0.39 is 253 Å². The van der Waals surface area contributed by atoms with Crippen molar-refractivity contribution >= 4 is 35.8 Å². The summed E-state index contributed by atoms with van der Waals surface area (Å²) in [6, 6.07) is 0. The van der Waals surface area contributed by atoms with Crippen molar-refractivity contribution in [1.29, 1.82) is 0 Å². The fourth-order valence-corrected chi connectivity index (χ4v) is 12.7. The van der Waals surface area contributed by atoms with Crippen molar-refractivity contribution in [2.24, 2.45) is 41.4 Å². The van der Waals surface area contributed by atoms with Crippen molar-refractivity contribution in [3.05, 3.63) is 70.5 Å². The largest absolute Gasteiger partial charge is 0.468 e. The topological polar surface area (TPSA) is 504 Å². The van der Waals surface area contributed by atoms with Crippen LogP contribution in [-0.2, 0) is 99.8 Å². The van der Waals surface area contributed by atoms with Gasteiger partial charge >= 0.3 is 35.8 Å². The van der Waals surface area contributed by atoms with Gasteiger partial charge in [-0.3, -0.25) is 14.4 Å². The highest BCUT2D eigenvalue weighted by Crippen LogP contribution is 2.46. The molecule has 0 unspecified atom stereocenters. The lowest BCUT2D eigenvalue weighted by molar-refractivity contribution is -0.327. The van der Waals surface area contributed by atoms with Crippen molar-refractivity contribution < 1.29 is 166 Å². The Bertz CT molecular complexity index is 2850. The molecular weight excluding hydrogens is 1280 g/mol. The molecule has 6 aliphatic heterocycles. The molecule has 7 aliphatic rings. The number of ether oxygens (including phenoxy) is 15. The summed E-state index contributed by atoms with van der Waals surface area (Å²) >= 11 is 0. The summed E-state index contributed by atoms with van der Waals surface area (Å²) in [5.41, 5.74) is -0.359. The van der Waals surface area contributed by atoms with Gasteiger partial charge in [0.05, 0.1) is 109 Å². The van der Waals surface area contributed by atoms with Gasteiger partial charge in [-0.2, -0.15) is 0 Å². The summed E-state index contributed by atoms with van der Waals surface area (Å²) < 4.78 is 84.4. The SMILES string of the molecule is CC=C1[C@H](O[C@@H]2O[C@H](CO)[C@@H](O)[C@H](O)[C@H]2O)OC=C(C(=O)OC)[C@@H]1CC(=O)OC[C@H]1[C@H]([C@@H](CO)COC(=O)C[C@@H]2C(C(=O)OC)=CO[C@@H](O[C@@H]3O[C@H](CO)[C@@H](O)[C@H](O)[C@H]3O)/C2=C/C)[C@@H](OC(=O)C[C@@H]2C(C(=O)OC)=CO[C@@H](O[C@@H]3O[C@H](CO)[C@@H](O)[C@H](O)[C@H]3O)/C2=C/C)C[C@@H]1C. The van der Waals surface area contributed by atoms with Gasteiger partial charge in [0.15, 0.2) is 18.9 Å². The average Bonchev–Trinajstić information content (AvgIpc) is 1.49. The van der Waals surface area contributed by atoms with E-state index in [1.807, 2.05) is 0 Å². The normalized spacial score (nSPS) is 38.8. The van der Waals surface area contributed by atoms with Crippen molar-refractivity contribution in [1.82, 2.24) is 0 Å². The standard InChI is InChI=1S/C61H86O34/c1-8-26-29(33(53(78)81-5)21-86-56(26)93-59-50(75)47(72)44(69)37(16-63)90-59)12-40(66)84-19-25(15-62)43-32(20-85-41(67)13-30-27(9-2)57(87-22-34(30)54(79)82-6)94-60-51(76)48(73)45(70)38(17-64)91-60)24(4)11-36(43)89-42(68)14-31-28(10-3)58(88-23-35(31)55(80)83-7)95-61-52(77)49(74)46(71)39(18-65)92-61/h8-10,21-25,29-32,36-39,43-52,56-65,69-77H,11-20H2,1-7H3/b26-8+,27-9?,28-10+/t24-,25-,29-,30+,31-,32+,36-,37+,38+,39+,43-,44+,45+,46+,47-,48-,49-,50+,51+,52+,56-,57-,58-,59-,60-,61-/m0/s1. The Hall–Kier alpha value is -6.10. The van der Waals surface area contributed by atoms with Gasteiger partial charge < -0.3 is 137 Å². The molecule has 34 nitrogen and oxygen atoms in total. The van der Waals surface area contributed by atoms with Crippen LogP contribution in [0.3, 0.4) is 0 Å². The third-order valence-corrected chi connectivity index (χ3v) is 18.0. The summed E-state index contributed by atoms with van der Waals surface area (Å²) in [6.07, 6.45) is -26.4. The monoisotopic (exact) mass is 1360 g/mol. The third-order valence-electron chi connectivity index (χ3n) is 18.0. The molecule has 7 rings (SSSR count). The quantitative estimate of drug-likeness (QED) is 0.0232. The minimum atomic E-state index is -1.89. The molecule has 0 aromatic carbocycles.